The van der Waals surface area contributed by atoms with Gasteiger partial charge in [-0.25, -0.2) is 0 Å². The first-order valence-corrected chi connectivity index (χ1v) is 6.61. The molecule has 0 saturated heterocycles. The number of ether oxygens (including phenoxy) is 1. The van der Waals surface area contributed by atoms with Crippen LogP contribution in [0.5, 0.6) is 0 Å². The van der Waals surface area contributed by atoms with Gasteiger partial charge < -0.3 is 9.84 Å². The van der Waals surface area contributed by atoms with Crippen molar-refractivity contribution in [2.24, 2.45) is 11.8 Å². The van der Waals surface area contributed by atoms with Crippen molar-refractivity contribution in [2.75, 3.05) is 6.61 Å². The van der Waals surface area contributed by atoms with Gasteiger partial charge in [0.1, 0.15) is 0 Å². The second-order valence-electron chi connectivity index (χ2n) is 5.26. The molecule has 3 heteroatoms. The summed E-state index contributed by atoms with van der Waals surface area (Å²) in [7, 11) is 0. The average Bonchev–Trinajstić information content (AvgIpc) is 2.92. The van der Waals surface area contributed by atoms with Crippen molar-refractivity contribution in [1.29, 1.82) is 0 Å². The number of rotatable bonds is 3. The third-order valence-corrected chi connectivity index (χ3v) is 4.22. The number of esters is 1. The van der Waals surface area contributed by atoms with E-state index in [1.807, 2.05) is 19.1 Å². The van der Waals surface area contributed by atoms with Crippen molar-refractivity contribution >= 4 is 5.97 Å². The molecule has 4 atom stereocenters. The molecule has 3 nitrogen and oxygen atoms in total. The van der Waals surface area contributed by atoms with E-state index in [9.17, 15) is 9.90 Å². The second-order valence-corrected chi connectivity index (χ2v) is 5.26. The number of carbonyl (C=O) groups excluding carboxylic acids is 1. The van der Waals surface area contributed by atoms with Gasteiger partial charge in [-0.1, -0.05) is 18.2 Å². The normalized spacial score (nSPS) is 29.4. The fourth-order valence-electron chi connectivity index (χ4n) is 3.41. The molecule has 1 saturated carbocycles. The van der Waals surface area contributed by atoms with Gasteiger partial charge in [0.05, 0.1) is 18.6 Å². The average molecular weight is 246 g/mol. The molecule has 1 fully saturated rings. The van der Waals surface area contributed by atoms with Crippen molar-refractivity contribution in [3.8, 4) is 0 Å². The van der Waals surface area contributed by atoms with Gasteiger partial charge in [0.2, 0.25) is 0 Å². The van der Waals surface area contributed by atoms with Crippen molar-refractivity contribution in [1.82, 2.24) is 0 Å². The van der Waals surface area contributed by atoms with Crippen LogP contribution in [0.3, 0.4) is 0 Å². The van der Waals surface area contributed by atoms with E-state index in [-0.39, 0.29) is 11.9 Å². The van der Waals surface area contributed by atoms with E-state index >= 15 is 0 Å². The molecule has 0 unspecified atom stereocenters. The van der Waals surface area contributed by atoms with Crippen LogP contribution in [0.15, 0.2) is 18.2 Å². The molecule has 18 heavy (non-hydrogen) atoms. The van der Waals surface area contributed by atoms with Crippen LogP contribution in [-0.2, 0) is 16.0 Å². The Labute approximate surface area is 107 Å². The summed E-state index contributed by atoms with van der Waals surface area (Å²) in [5.41, 5.74) is 3.52. The number of aliphatic hydroxyl groups is 1. The molecule has 1 aromatic carbocycles. The summed E-state index contributed by atoms with van der Waals surface area (Å²) in [4.78, 5) is 11.8. The summed E-state index contributed by atoms with van der Waals surface area (Å²) in [6, 6.07) is 6.04. The fourth-order valence-corrected chi connectivity index (χ4v) is 3.41. The highest BCUT2D eigenvalue weighted by Crippen LogP contribution is 2.62. The molecule has 2 aliphatic rings. The summed E-state index contributed by atoms with van der Waals surface area (Å²) in [6.07, 6.45) is 0.475. The van der Waals surface area contributed by atoms with Gasteiger partial charge >= 0.3 is 5.97 Å². The molecule has 0 aliphatic heterocycles. The van der Waals surface area contributed by atoms with E-state index < -0.39 is 6.10 Å². The Bertz CT molecular complexity index is 493. The van der Waals surface area contributed by atoms with Crippen LogP contribution in [0, 0.1) is 11.8 Å². The monoisotopic (exact) mass is 246 g/mol. The van der Waals surface area contributed by atoms with Crippen LogP contribution in [0.25, 0.3) is 0 Å². The maximum Gasteiger partial charge on any atom is 0.309 e. The van der Waals surface area contributed by atoms with Crippen LogP contribution >= 0.6 is 0 Å². The Hall–Kier alpha value is -1.35. The number of hydrogen-bond donors (Lipinski definition) is 1. The van der Waals surface area contributed by atoms with Gasteiger partial charge in [-0.15, -0.1) is 0 Å². The van der Waals surface area contributed by atoms with Gasteiger partial charge in [0.25, 0.3) is 0 Å². The number of hydrogen-bond acceptors (Lipinski definition) is 3. The first kappa shape index (κ1) is 11.7. The van der Waals surface area contributed by atoms with Crippen molar-refractivity contribution in [2.45, 2.75) is 32.3 Å². The Morgan fingerprint density at radius 1 is 1.56 bits per heavy atom. The molecule has 3 rings (SSSR count). The highest BCUT2D eigenvalue weighted by Gasteiger charge is 2.60. The largest absolute Gasteiger partial charge is 0.466 e. The van der Waals surface area contributed by atoms with Crippen LogP contribution in [0.1, 0.15) is 42.6 Å². The van der Waals surface area contributed by atoms with E-state index in [4.69, 9.17) is 4.74 Å². The third kappa shape index (κ3) is 1.57. The van der Waals surface area contributed by atoms with Crippen molar-refractivity contribution in [3.63, 3.8) is 0 Å². The number of aliphatic hydroxyl groups excluding tert-OH is 1. The summed E-state index contributed by atoms with van der Waals surface area (Å²) >= 11 is 0. The minimum absolute atomic E-state index is 0.0550. The van der Waals surface area contributed by atoms with Crippen molar-refractivity contribution in [3.05, 3.63) is 34.9 Å². The lowest BCUT2D eigenvalue weighted by molar-refractivity contribution is -0.145. The molecule has 0 radical (unpaired) electrons. The van der Waals surface area contributed by atoms with Crippen LogP contribution < -0.4 is 0 Å². The predicted octanol–water partition coefficient (Wildman–Crippen LogP) is 2.19. The molecule has 1 N–H and O–H groups in total. The zero-order chi connectivity index (χ0) is 12.9. The smallest absolute Gasteiger partial charge is 0.309 e. The first-order chi connectivity index (χ1) is 8.65. The quantitative estimate of drug-likeness (QED) is 0.832. The number of fused-ring (bicyclic) bond motifs is 3. The lowest BCUT2D eigenvalue weighted by Crippen LogP contribution is -2.12. The minimum atomic E-state index is -0.432. The maximum absolute atomic E-state index is 11.8. The standard InChI is InChI=1S/C15H18O3/c1-3-18-15(17)14-12-7-11-9(8(2)16)5-4-6-10(11)13(12)14/h4-6,8,12-14,16H,3,7H2,1-2H3/t8-,12-,13+,14+/m1/s1. The summed E-state index contributed by atoms with van der Waals surface area (Å²) in [5.74, 6) is 0.735. The van der Waals surface area contributed by atoms with Crippen LogP contribution in [0.2, 0.25) is 0 Å². The van der Waals surface area contributed by atoms with Crippen LogP contribution in [0.4, 0.5) is 0 Å². The third-order valence-electron chi connectivity index (χ3n) is 4.22. The molecule has 96 valence electrons. The van der Waals surface area contributed by atoms with Gasteiger partial charge in [-0.3, -0.25) is 4.79 Å². The molecule has 0 heterocycles. The number of carbonyl (C=O) groups is 1. The van der Waals surface area contributed by atoms with E-state index in [2.05, 4.69) is 6.07 Å². The minimum Gasteiger partial charge on any atom is -0.466 e. The van der Waals surface area contributed by atoms with E-state index in [1.165, 1.54) is 11.1 Å². The van der Waals surface area contributed by atoms with E-state index in [1.54, 1.807) is 6.92 Å². The molecule has 1 aromatic rings. The van der Waals surface area contributed by atoms with Gasteiger partial charge in [-0.2, -0.15) is 0 Å². The summed E-state index contributed by atoms with van der Waals surface area (Å²) in [5, 5.41) is 9.76. The van der Waals surface area contributed by atoms with E-state index in [0.29, 0.717) is 18.4 Å². The Morgan fingerprint density at radius 2 is 2.33 bits per heavy atom. The molecule has 0 aromatic heterocycles. The zero-order valence-corrected chi connectivity index (χ0v) is 10.7. The Balaban J connectivity index is 1.86. The SMILES string of the molecule is CCOC(=O)[C@H]1[C@@H]2Cc3c(cccc3[C@@H](C)O)[C@@H]21. The molecular weight excluding hydrogens is 228 g/mol. The first-order valence-electron chi connectivity index (χ1n) is 6.61. The second kappa shape index (κ2) is 4.09. The fraction of sp³-hybridized carbons (Fsp3) is 0.533. The van der Waals surface area contributed by atoms with Crippen molar-refractivity contribution < 1.29 is 14.6 Å². The highest BCUT2D eigenvalue weighted by molar-refractivity contribution is 5.79. The van der Waals surface area contributed by atoms with Gasteiger partial charge in [0, 0.05) is 5.92 Å². The lowest BCUT2D eigenvalue weighted by Gasteiger charge is -2.14. The molecular formula is C15H18O3. The molecule has 0 bridgehead atoms. The molecule has 0 spiro atoms. The number of benzene rings is 1. The topological polar surface area (TPSA) is 46.5 Å². The van der Waals surface area contributed by atoms with E-state index in [0.717, 1.165) is 12.0 Å². The summed E-state index contributed by atoms with van der Waals surface area (Å²) < 4.78 is 5.11. The van der Waals surface area contributed by atoms with Gasteiger partial charge in [0.15, 0.2) is 0 Å². The van der Waals surface area contributed by atoms with Crippen LogP contribution in [-0.4, -0.2) is 17.7 Å². The maximum atomic E-state index is 11.8. The highest BCUT2D eigenvalue weighted by atomic mass is 16.5. The Kier molecular flexibility index (Phi) is 2.67. The summed E-state index contributed by atoms with van der Waals surface area (Å²) in [6.45, 7) is 4.09. The predicted molar refractivity (Wildman–Crippen MR) is 67.1 cm³/mol. The lowest BCUT2D eigenvalue weighted by atomic mass is 9.94. The molecule has 0 amide bonds. The van der Waals surface area contributed by atoms with Gasteiger partial charge in [-0.05, 0) is 42.9 Å². The zero-order valence-electron chi connectivity index (χ0n) is 10.7. The molecule has 2 aliphatic carbocycles. The Morgan fingerprint density at radius 3 is 3.00 bits per heavy atom.